The van der Waals surface area contributed by atoms with Gasteiger partial charge < -0.3 is 14.7 Å². The van der Waals surface area contributed by atoms with Crippen LogP contribution >= 0.6 is 0 Å². The molecular weight excluding hydrogens is 142 g/mol. The summed E-state index contributed by atoms with van der Waals surface area (Å²) in [5.74, 6) is 0.844. The average molecular weight is 157 g/mol. The first-order valence-corrected chi connectivity index (χ1v) is 4.25. The molecule has 2 unspecified atom stereocenters. The highest BCUT2D eigenvalue weighted by Crippen LogP contribution is 2.39. The van der Waals surface area contributed by atoms with Crippen molar-refractivity contribution in [2.75, 3.05) is 20.4 Å². The van der Waals surface area contributed by atoms with Crippen LogP contribution in [-0.2, 0) is 4.74 Å². The molecule has 0 spiro atoms. The summed E-state index contributed by atoms with van der Waals surface area (Å²) in [6.07, 6.45) is 2.70. The van der Waals surface area contributed by atoms with Gasteiger partial charge >= 0.3 is 0 Å². The molecule has 1 saturated carbocycles. The van der Waals surface area contributed by atoms with Crippen LogP contribution in [0.3, 0.4) is 0 Å². The lowest BCUT2D eigenvalue weighted by Gasteiger charge is -2.44. The van der Waals surface area contributed by atoms with Crippen molar-refractivity contribution in [3.63, 3.8) is 0 Å². The normalized spacial score (nSPS) is 43.6. The number of hydrogen-bond acceptors (Lipinski definition) is 3. The van der Waals surface area contributed by atoms with E-state index in [-0.39, 0.29) is 6.79 Å². The Bertz CT molecular complexity index is 149. The van der Waals surface area contributed by atoms with E-state index in [1.54, 1.807) is 0 Å². The molecule has 3 heteroatoms. The van der Waals surface area contributed by atoms with Gasteiger partial charge in [0.05, 0.1) is 6.10 Å². The Labute approximate surface area is 66.9 Å². The first-order chi connectivity index (χ1) is 5.33. The van der Waals surface area contributed by atoms with Crippen molar-refractivity contribution in [3.05, 3.63) is 0 Å². The number of fused-ring (bicyclic) bond motifs is 1. The molecule has 11 heavy (non-hydrogen) atoms. The van der Waals surface area contributed by atoms with Gasteiger partial charge in [0.1, 0.15) is 6.79 Å². The van der Waals surface area contributed by atoms with E-state index >= 15 is 0 Å². The van der Waals surface area contributed by atoms with Crippen molar-refractivity contribution in [3.8, 4) is 0 Å². The molecule has 2 rings (SSSR count). The summed E-state index contributed by atoms with van der Waals surface area (Å²) in [6, 6.07) is 0.599. The van der Waals surface area contributed by atoms with Gasteiger partial charge in [0.25, 0.3) is 0 Å². The van der Waals surface area contributed by atoms with Crippen LogP contribution in [0.4, 0.5) is 0 Å². The highest BCUT2D eigenvalue weighted by atomic mass is 16.6. The van der Waals surface area contributed by atoms with Crippen LogP contribution in [0, 0.1) is 5.92 Å². The molecule has 0 amide bonds. The van der Waals surface area contributed by atoms with Gasteiger partial charge in [-0.15, -0.1) is 0 Å². The molecule has 3 nitrogen and oxygen atoms in total. The van der Waals surface area contributed by atoms with E-state index < -0.39 is 0 Å². The van der Waals surface area contributed by atoms with Gasteiger partial charge in [0.15, 0.2) is 0 Å². The largest absolute Gasteiger partial charge is 0.371 e. The molecule has 2 fully saturated rings. The van der Waals surface area contributed by atoms with Crippen molar-refractivity contribution in [1.29, 1.82) is 0 Å². The van der Waals surface area contributed by atoms with Gasteiger partial charge in [0, 0.05) is 12.6 Å². The Kier molecular flexibility index (Phi) is 1.87. The van der Waals surface area contributed by atoms with E-state index in [2.05, 4.69) is 11.9 Å². The molecule has 3 atom stereocenters. The lowest BCUT2D eigenvalue weighted by Crippen LogP contribution is -2.55. The van der Waals surface area contributed by atoms with Gasteiger partial charge in [-0.05, 0) is 25.8 Å². The molecule has 1 saturated heterocycles. The summed E-state index contributed by atoms with van der Waals surface area (Å²) in [5.41, 5.74) is 0. The minimum absolute atomic E-state index is 0.123. The maximum atomic E-state index is 8.60. The zero-order chi connectivity index (χ0) is 7.84. The van der Waals surface area contributed by atoms with Gasteiger partial charge in [-0.2, -0.15) is 0 Å². The number of aliphatic hydroxyl groups excluding tert-OH is 1. The summed E-state index contributed by atoms with van der Waals surface area (Å²) in [4.78, 5) is 2.32. The highest BCUT2D eigenvalue weighted by molar-refractivity contribution is 5.00. The van der Waals surface area contributed by atoms with Crippen LogP contribution in [0.2, 0.25) is 0 Å². The van der Waals surface area contributed by atoms with E-state index in [0.29, 0.717) is 12.1 Å². The van der Waals surface area contributed by atoms with E-state index in [9.17, 15) is 0 Å². The number of rotatable bonds is 2. The predicted molar refractivity (Wildman–Crippen MR) is 41.1 cm³/mol. The fourth-order valence-corrected chi connectivity index (χ4v) is 2.50. The van der Waals surface area contributed by atoms with Gasteiger partial charge in [-0.3, -0.25) is 0 Å². The average Bonchev–Trinajstić information content (AvgIpc) is 2.26. The van der Waals surface area contributed by atoms with Crippen LogP contribution in [0.25, 0.3) is 0 Å². The van der Waals surface area contributed by atoms with Gasteiger partial charge in [-0.25, -0.2) is 0 Å². The van der Waals surface area contributed by atoms with E-state index in [1.165, 1.54) is 13.0 Å². The zero-order valence-electron chi connectivity index (χ0n) is 6.86. The summed E-state index contributed by atoms with van der Waals surface area (Å²) < 4.78 is 5.22. The summed E-state index contributed by atoms with van der Waals surface area (Å²) in [7, 11) is 2.13. The van der Waals surface area contributed by atoms with Crippen LogP contribution in [0.15, 0.2) is 0 Å². The number of hydrogen-bond donors (Lipinski definition) is 1. The Morgan fingerprint density at radius 1 is 1.55 bits per heavy atom. The summed E-state index contributed by atoms with van der Waals surface area (Å²) in [5, 5.41) is 8.60. The molecule has 0 aromatic rings. The SMILES string of the molecule is CN1CC2CCC(OCO)[C@H]21. The molecule has 0 radical (unpaired) electrons. The molecular formula is C8H15NO2. The number of ether oxygens (including phenoxy) is 1. The minimum atomic E-state index is -0.123. The van der Waals surface area contributed by atoms with Crippen molar-refractivity contribution in [1.82, 2.24) is 4.90 Å². The lowest BCUT2D eigenvalue weighted by molar-refractivity contribution is -0.0970. The molecule has 0 aromatic heterocycles. The molecule has 2 aliphatic rings. The monoisotopic (exact) mass is 157 g/mol. The first kappa shape index (κ1) is 7.53. The zero-order valence-corrected chi connectivity index (χ0v) is 6.86. The third kappa shape index (κ3) is 1.08. The number of aliphatic hydroxyl groups is 1. The fraction of sp³-hybridized carbons (Fsp3) is 1.00. The van der Waals surface area contributed by atoms with Crippen LogP contribution < -0.4 is 0 Å². The van der Waals surface area contributed by atoms with Crippen molar-refractivity contribution in [2.24, 2.45) is 5.92 Å². The highest BCUT2D eigenvalue weighted by Gasteiger charge is 2.46. The molecule has 0 bridgehead atoms. The number of nitrogens with zero attached hydrogens (tertiary/aromatic N) is 1. The summed E-state index contributed by atoms with van der Waals surface area (Å²) in [6.45, 7) is 1.09. The second-order valence-corrected chi connectivity index (χ2v) is 3.60. The Hall–Kier alpha value is -0.120. The number of likely N-dealkylation sites (tertiary alicyclic amines) is 1. The Morgan fingerprint density at radius 3 is 3.00 bits per heavy atom. The van der Waals surface area contributed by atoms with Gasteiger partial charge in [-0.1, -0.05) is 0 Å². The molecule has 1 heterocycles. The fourth-order valence-electron chi connectivity index (χ4n) is 2.50. The standard InChI is InChI=1S/C8H15NO2/c1-9-4-6-2-3-7(8(6)9)11-5-10/h6-8,10H,2-5H2,1H3/t6?,7?,8-/m0/s1. The van der Waals surface area contributed by atoms with Crippen LogP contribution in [-0.4, -0.2) is 42.5 Å². The van der Waals surface area contributed by atoms with Crippen molar-refractivity contribution >= 4 is 0 Å². The van der Waals surface area contributed by atoms with Crippen molar-refractivity contribution in [2.45, 2.75) is 25.0 Å². The lowest BCUT2D eigenvalue weighted by atomic mass is 9.92. The van der Waals surface area contributed by atoms with Crippen LogP contribution in [0.1, 0.15) is 12.8 Å². The predicted octanol–water partition coefficient (Wildman–Crippen LogP) is 0.0454. The third-order valence-corrected chi connectivity index (χ3v) is 3.01. The smallest absolute Gasteiger partial charge is 0.144 e. The molecule has 64 valence electrons. The first-order valence-electron chi connectivity index (χ1n) is 4.25. The second kappa shape index (κ2) is 2.73. The molecule has 0 aromatic carbocycles. The molecule has 1 N–H and O–H groups in total. The minimum Gasteiger partial charge on any atom is -0.371 e. The van der Waals surface area contributed by atoms with E-state index in [4.69, 9.17) is 9.84 Å². The molecule has 1 aliphatic heterocycles. The molecule has 1 aliphatic carbocycles. The van der Waals surface area contributed by atoms with Crippen molar-refractivity contribution < 1.29 is 9.84 Å². The van der Waals surface area contributed by atoms with Crippen LogP contribution in [0.5, 0.6) is 0 Å². The maximum Gasteiger partial charge on any atom is 0.144 e. The van der Waals surface area contributed by atoms with Gasteiger partial charge in [0.2, 0.25) is 0 Å². The quantitative estimate of drug-likeness (QED) is 0.575. The Morgan fingerprint density at radius 2 is 2.36 bits per heavy atom. The number of likely N-dealkylation sites (N-methyl/N-ethyl adjacent to an activating group) is 1. The Balaban J connectivity index is 1.92. The van der Waals surface area contributed by atoms with E-state index in [1.807, 2.05) is 0 Å². The third-order valence-electron chi connectivity index (χ3n) is 3.01. The summed E-state index contributed by atoms with van der Waals surface area (Å²) >= 11 is 0. The van der Waals surface area contributed by atoms with E-state index in [0.717, 1.165) is 12.3 Å². The topological polar surface area (TPSA) is 32.7 Å². The maximum absolute atomic E-state index is 8.60. The second-order valence-electron chi connectivity index (χ2n) is 3.60.